The highest BCUT2D eigenvalue weighted by atomic mass is 19.1. The molecule has 0 saturated heterocycles. The van der Waals surface area contributed by atoms with Gasteiger partial charge >= 0.3 is 0 Å². The molecular formula is C10H13FN2. The molecule has 1 aliphatic carbocycles. The molecule has 3 heteroatoms. The molecule has 0 atom stereocenters. The van der Waals surface area contributed by atoms with E-state index in [0.717, 1.165) is 25.0 Å². The summed E-state index contributed by atoms with van der Waals surface area (Å²) in [6.07, 6.45) is 2.93. The second kappa shape index (κ2) is 2.76. The third kappa shape index (κ3) is 1.55. The van der Waals surface area contributed by atoms with Gasteiger partial charge in [0.2, 0.25) is 5.95 Å². The molecule has 0 N–H and O–H groups in total. The minimum absolute atomic E-state index is 0.0615. The van der Waals surface area contributed by atoms with Crippen molar-refractivity contribution in [2.45, 2.75) is 38.5 Å². The molecule has 0 amide bonds. The average Bonchev–Trinajstić information content (AvgIpc) is 2.84. The van der Waals surface area contributed by atoms with E-state index in [0.29, 0.717) is 5.82 Å². The normalized spacial score (nSPS) is 18.7. The molecule has 13 heavy (non-hydrogen) atoms. The van der Waals surface area contributed by atoms with Crippen LogP contribution in [0.2, 0.25) is 0 Å². The highest BCUT2D eigenvalue weighted by molar-refractivity contribution is 5.17. The van der Waals surface area contributed by atoms with Crippen molar-refractivity contribution in [3.05, 3.63) is 23.5 Å². The molecule has 0 aliphatic heterocycles. The van der Waals surface area contributed by atoms with Crippen LogP contribution < -0.4 is 0 Å². The minimum Gasteiger partial charge on any atom is -0.237 e. The molecule has 70 valence electrons. The topological polar surface area (TPSA) is 25.8 Å². The monoisotopic (exact) mass is 180 g/mol. The number of halogens is 1. The Balaban J connectivity index is 2.40. The first-order chi connectivity index (χ1) is 6.14. The Morgan fingerprint density at radius 1 is 1.46 bits per heavy atom. The SMILES string of the molecule is CCc1cc(F)nc(C2(C)CC2)n1. The lowest BCUT2D eigenvalue weighted by Crippen LogP contribution is -2.10. The van der Waals surface area contributed by atoms with Gasteiger partial charge in [-0.15, -0.1) is 0 Å². The van der Waals surface area contributed by atoms with Crippen LogP contribution in [-0.2, 0) is 11.8 Å². The zero-order valence-corrected chi connectivity index (χ0v) is 7.97. The third-order valence-electron chi connectivity index (χ3n) is 2.65. The fraction of sp³-hybridized carbons (Fsp3) is 0.600. The second-order valence-electron chi connectivity index (χ2n) is 3.92. The predicted molar refractivity (Wildman–Crippen MR) is 48.0 cm³/mol. The fourth-order valence-corrected chi connectivity index (χ4v) is 1.33. The van der Waals surface area contributed by atoms with E-state index in [1.165, 1.54) is 6.07 Å². The number of aromatic nitrogens is 2. The van der Waals surface area contributed by atoms with Crippen molar-refractivity contribution < 1.29 is 4.39 Å². The summed E-state index contributed by atoms with van der Waals surface area (Å²) in [4.78, 5) is 8.17. The lowest BCUT2D eigenvalue weighted by atomic mass is 10.1. The number of hydrogen-bond acceptors (Lipinski definition) is 2. The molecule has 0 unspecified atom stereocenters. The zero-order chi connectivity index (χ0) is 9.47. The van der Waals surface area contributed by atoms with E-state index in [9.17, 15) is 4.39 Å². The average molecular weight is 180 g/mol. The molecule has 1 fully saturated rings. The maximum absolute atomic E-state index is 13.0. The molecule has 0 radical (unpaired) electrons. The van der Waals surface area contributed by atoms with Gasteiger partial charge in [0.1, 0.15) is 5.82 Å². The van der Waals surface area contributed by atoms with Crippen molar-refractivity contribution in [1.82, 2.24) is 9.97 Å². The van der Waals surface area contributed by atoms with Gasteiger partial charge in [-0.05, 0) is 19.3 Å². The van der Waals surface area contributed by atoms with Gasteiger partial charge in [0.15, 0.2) is 0 Å². The first kappa shape index (κ1) is 8.60. The van der Waals surface area contributed by atoms with Crippen LogP contribution in [0.4, 0.5) is 4.39 Å². The summed E-state index contributed by atoms with van der Waals surface area (Å²) in [6, 6.07) is 1.41. The molecule has 0 bridgehead atoms. The van der Waals surface area contributed by atoms with Gasteiger partial charge in [-0.25, -0.2) is 9.97 Å². The number of rotatable bonds is 2. The minimum atomic E-state index is -0.394. The molecular weight excluding hydrogens is 167 g/mol. The standard InChI is InChI=1S/C10H13FN2/c1-3-7-6-8(11)13-9(12-7)10(2)4-5-10/h6H,3-5H2,1-2H3. The maximum atomic E-state index is 13.0. The van der Waals surface area contributed by atoms with E-state index in [4.69, 9.17) is 0 Å². The van der Waals surface area contributed by atoms with Crippen LogP contribution in [0.15, 0.2) is 6.07 Å². The number of aryl methyl sites for hydroxylation is 1. The molecule has 1 aliphatic rings. The van der Waals surface area contributed by atoms with Gasteiger partial charge in [-0.1, -0.05) is 13.8 Å². The summed E-state index contributed by atoms with van der Waals surface area (Å²) in [5.74, 6) is 0.291. The lowest BCUT2D eigenvalue weighted by Gasteiger charge is -2.07. The summed E-state index contributed by atoms with van der Waals surface area (Å²) >= 11 is 0. The Hall–Kier alpha value is -0.990. The Labute approximate surface area is 77.2 Å². The van der Waals surface area contributed by atoms with Crippen LogP contribution in [0.25, 0.3) is 0 Å². The molecule has 1 saturated carbocycles. The van der Waals surface area contributed by atoms with Crippen LogP contribution in [0.5, 0.6) is 0 Å². The summed E-state index contributed by atoms with van der Waals surface area (Å²) in [6.45, 7) is 4.06. The molecule has 0 aromatic carbocycles. The van der Waals surface area contributed by atoms with Gasteiger partial charge in [0, 0.05) is 17.2 Å². The van der Waals surface area contributed by atoms with Crippen molar-refractivity contribution in [2.24, 2.45) is 0 Å². The van der Waals surface area contributed by atoms with Crippen LogP contribution >= 0.6 is 0 Å². The molecule has 1 aromatic heterocycles. The van der Waals surface area contributed by atoms with E-state index in [1.54, 1.807) is 0 Å². The number of nitrogens with zero attached hydrogens (tertiary/aromatic N) is 2. The van der Waals surface area contributed by atoms with Crippen LogP contribution in [0.1, 0.15) is 38.2 Å². The van der Waals surface area contributed by atoms with Gasteiger partial charge in [0.25, 0.3) is 0 Å². The first-order valence-corrected chi connectivity index (χ1v) is 4.68. The highest BCUT2D eigenvalue weighted by Crippen LogP contribution is 2.45. The second-order valence-corrected chi connectivity index (χ2v) is 3.92. The van der Waals surface area contributed by atoms with Gasteiger partial charge in [-0.2, -0.15) is 4.39 Å². The predicted octanol–water partition coefficient (Wildman–Crippen LogP) is 2.23. The summed E-state index contributed by atoms with van der Waals surface area (Å²) in [7, 11) is 0. The highest BCUT2D eigenvalue weighted by Gasteiger charge is 2.42. The summed E-state index contributed by atoms with van der Waals surface area (Å²) in [5, 5.41) is 0. The van der Waals surface area contributed by atoms with Crippen molar-refractivity contribution in [1.29, 1.82) is 0 Å². The summed E-state index contributed by atoms with van der Waals surface area (Å²) in [5.41, 5.74) is 0.863. The lowest BCUT2D eigenvalue weighted by molar-refractivity contribution is 0.549. The van der Waals surface area contributed by atoms with Crippen LogP contribution in [0.3, 0.4) is 0 Å². The molecule has 1 aromatic rings. The van der Waals surface area contributed by atoms with E-state index >= 15 is 0 Å². The van der Waals surface area contributed by atoms with Crippen molar-refractivity contribution in [3.63, 3.8) is 0 Å². The van der Waals surface area contributed by atoms with Crippen molar-refractivity contribution in [3.8, 4) is 0 Å². The first-order valence-electron chi connectivity index (χ1n) is 4.68. The Morgan fingerprint density at radius 3 is 2.69 bits per heavy atom. The largest absolute Gasteiger partial charge is 0.237 e. The van der Waals surface area contributed by atoms with Gasteiger partial charge < -0.3 is 0 Å². The number of hydrogen-bond donors (Lipinski definition) is 0. The smallest absolute Gasteiger partial charge is 0.216 e. The van der Waals surface area contributed by atoms with Gasteiger partial charge in [0.05, 0.1) is 0 Å². The Morgan fingerprint density at radius 2 is 2.15 bits per heavy atom. The Kier molecular flexibility index (Phi) is 1.82. The van der Waals surface area contributed by atoms with Crippen molar-refractivity contribution >= 4 is 0 Å². The molecule has 1 heterocycles. The van der Waals surface area contributed by atoms with Crippen LogP contribution in [0, 0.1) is 5.95 Å². The van der Waals surface area contributed by atoms with E-state index in [-0.39, 0.29) is 5.41 Å². The molecule has 2 nitrogen and oxygen atoms in total. The third-order valence-corrected chi connectivity index (χ3v) is 2.65. The summed E-state index contributed by atoms with van der Waals surface area (Å²) < 4.78 is 13.0. The van der Waals surface area contributed by atoms with E-state index in [1.807, 2.05) is 6.92 Å². The molecule has 2 rings (SSSR count). The molecule has 0 spiro atoms. The van der Waals surface area contributed by atoms with E-state index in [2.05, 4.69) is 16.9 Å². The van der Waals surface area contributed by atoms with E-state index < -0.39 is 5.95 Å². The van der Waals surface area contributed by atoms with Crippen LogP contribution in [-0.4, -0.2) is 9.97 Å². The van der Waals surface area contributed by atoms with Gasteiger partial charge in [-0.3, -0.25) is 0 Å². The maximum Gasteiger partial charge on any atom is 0.216 e. The van der Waals surface area contributed by atoms with Crippen molar-refractivity contribution in [2.75, 3.05) is 0 Å². The Bertz CT molecular complexity index is 332. The quantitative estimate of drug-likeness (QED) is 0.652. The fourth-order valence-electron chi connectivity index (χ4n) is 1.33. The zero-order valence-electron chi connectivity index (χ0n) is 7.97.